The van der Waals surface area contributed by atoms with Crippen LogP contribution in [0.4, 0.5) is 0 Å². The third-order valence-electron chi connectivity index (χ3n) is 7.23. The van der Waals surface area contributed by atoms with E-state index >= 15 is 0 Å². The minimum atomic E-state index is 0.622. The first-order chi connectivity index (χ1) is 14.8. The Bertz CT molecular complexity index is 968. The molecule has 154 valence electrons. The van der Waals surface area contributed by atoms with Crippen LogP contribution in [-0.4, -0.2) is 31.1 Å². The summed E-state index contributed by atoms with van der Waals surface area (Å²) in [7, 11) is 1.77. The van der Waals surface area contributed by atoms with Crippen molar-refractivity contribution in [1.29, 1.82) is 0 Å². The van der Waals surface area contributed by atoms with Crippen LogP contribution < -0.4 is 4.74 Å². The number of hydrogen-bond donors (Lipinski definition) is 0. The topological polar surface area (TPSA) is 12.5 Å². The molecule has 5 rings (SSSR count). The Morgan fingerprint density at radius 3 is 2.37 bits per heavy atom. The number of benzene rings is 3. The smallest absolute Gasteiger partial charge is 0.119 e. The minimum Gasteiger partial charge on any atom is -0.497 e. The zero-order valence-corrected chi connectivity index (χ0v) is 17.8. The second-order valence-corrected chi connectivity index (χ2v) is 8.86. The molecule has 0 amide bonds. The summed E-state index contributed by atoms with van der Waals surface area (Å²) in [6.07, 6.45) is 4.74. The summed E-state index contributed by atoms with van der Waals surface area (Å²) in [4.78, 5) is 2.79. The van der Waals surface area contributed by atoms with Crippen LogP contribution in [0.1, 0.15) is 34.6 Å². The molecular formula is C28H31NO. The summed E-state index contributed by atoms with van der Waals surface area (Å²) in [5, 5.41) is 0. The highest BCUT2D eigenvalue weighted by molar-refractivity contribution is 5.41. The van der Waals surface area contributed by atoms with Crippen molar-refractivity contribution in [3.05, 3.63) is 101 Å². The maximum atomic E-state index is 5.49. The van der Waals surface area contributed by atoms with Gasteiger partial charge in [-0.25, -0.2) is 0 Å². The fraction of sp³-hybridized carbons (Fsp3) is 0.357. The minimum absolute atomic E-state index is 0.622. The molecule has 1 fully saturated rings. The fourth-order valence-corrected chi connectivity index (χ4v) is 5.70. The van der Waals surface area contributed by atoms with E-state index in [-0.39, 0.29) is 0 Å². The van der Waals surface area contributed by atoms with Gasteiger partial charge in [-0.3, -0.25) is 4.90 Å². The summed E-state index contributed by atoms with van der Waals surface area (Å²) in [5.41, 5.74) is 5.97. The van der Waals surface area contributed by atoms with Gasteiger partial charge in [0, 0.05) is 25.0 Å². The molecule has 0 radical (unpaired) electrons. The van der Waals surface area contributed by atoms with E-state index in [1.54, 1.807) is 12.7 Å². The van der Waals surface area contributed by atoms with E-state index in [9.17, 15) is 0 Å². The Morgan fingerprint density at radius 2 is 1.63 bits per heavy atom. The summed E-state index contributed by atoms with van der Waals surface area (Å²) in [5.74, 6) is 2.37. The highest BCUT2D eigenvalue weighted by atomic mass is 16.5. The molecule has 3 aromatic rings. The molecule has 3 atom stereocenters. The van der Waals surface area contributed by atoms with Crippen LogP contribution in [-0.2, 0) is 19.3 Å². The lowest BCUT2D eigenvalue weighted by atomic mass is 9.73. The molecule has 0 spiro atoms. The average molecular weight is 398 g/mol. The van der Waals surface area contributed by atoms with Crippen molar-refractivity contribution in [3.8, 4) is 5.75 Å². The molecule has 0 N–H and O–H groups in total. The van der Waals surface area contributed by atoms with Gasteiger partial charge in [0.05, 0.1) is 7.11 Å². The van der Waals surface area contributed by atoms with E-state index in [0.29, 0.717) is 12.0 Å². The number of aryl methyl sites for hydroxylation is 1. The number of likely N-dealkylation sites (tertiary alicyclic amines) is 1. The van der Waals surface area contributed by atoms with Gasteiger partial charge in [0.25, 0.3) is 0 Å². The van der Waals surface area contributed by atoms with Crippen LogP contribution in [0.5, 0.6) is 5.75 Å². The molecule has 2 nitrogen and oxygen atoms in total. The molecule has 1 aliphatic carbocycles. The lowest BCUT2D eigenvalue weighted by molar-refractivity contribution is 0.220. The zero-order chi connectivity index (χ0) is 20.3. The molecule has 30 heavy (non-hydrogen) atoms. The van der Waals surface area contributed by atoms with Crippen molar-refractivity contribution in [2.75, 3.05) is 20.2 Å². The molecular weight excluding hydrogens is 366 g/mol. The molecule has 0 saturated carbocycles. The Kier molecular flexibility index (Phi) is 5.59. The molecule has 1 aliphatic heterocycles. The van der Waals surface area contributed by atoms with Crippen molar-refractivity contribution in [3.63, 3.8) is 0 Å². The van der Waals surface area contributed by atoms with E-state index < -0.39 is 0 Å². The van der Waals surface area contributed by atoms with Crippen LogP contribution in [0.3, 0.4) is 0 Å². The van der Waals surface area contributed by atoms with Crippen LogP contribution in [0, 0.1) is 5.92 Å². The summed E-state index contributed by atoms with van der Waals surface area (Å²) in [6, 6.07) is 29.4. The summed E-state index contributed by atoms with van der Waals surface area (Å²) >= 11 is 0. The predicted octanol–water partition coefficient (Wildman–Crippen LogP) is 5.51. The van der Waals surface area contributed by atoms with Crippen molar-refractivity contribution >= 4 is 0 Å². The number of hydrogen-bond acceptors (Lipinski definition) is 2. The number of fused-ring (bicyclic) bond motifs is 3. The first-order valence-corrected chi connectivity index (χ1v) is 11.3. The van der Waals surface area contributed by atoms with Crippen molar-refractivity contribution in [2.24, 2.45) is 5.92 Å². The Balaban J connectivity index is 1.41. The largest absolute Gasteiger partial charge is 0.497 e. The molecule has 0 bridgehead atoms. The van der Waals surface area contributed by atoms with Crippen LogP contribution in [0.15, 0.2) is 78.9 Å². The Morgan fingerprint density at radius 1 is 0.900 bits per heavy atom. The van der Waals surface area contributed by atoms with Gasteiger partial charge in [-0.05, 0) is 66.0 Å². The molecule has 1 heterocycles. The van der Waals surface area contributed by atoms with Crippen LogP contribution in [0.25, 0.3) is 0 Å². The second kappa shape index (κ2) is 8.65. The van der Waals surface area contributed by atoms with E-state index in [2.05, 4.69) is 83.8 Å². The number of ether oxygens (including phenoxy) is 1. The van der Waals surface area contributed by atoms with Crippen LogP contribution >= 0.6 is 0 Å². The van der Waals surface area contributed by atoms with Crippen molar-refractivity contribution < 1.29 is 4.74 Å². The number of methoxy groups -OCH3 is 1. The Labute approximate surface area is 180 Å². The van der Waals surface area contributed by atoms with Gasteiger partial charge in [0.1, 0.15) is 5.75 Å². The monoisotopic (exact) mass is 397 g/mol. The van der Waals surface area contributed by atoms with Gasteiger partial charge < -0.3 is 4.74 Å². The van der Waals surface area contributed by atoms with Gasteiger partial charge in [-0.2, -0.15) is 0 Å². The van der Waals surface area contributed by atoms with Gasteiger partial charge in [0.15, 0.2) is 0 Å². The maximum absolute atomic E-state index is 5.49. The second-order valence-electron chi connectivity index (χ2n) is 8.86. The van der Waals surface area contributed by atoms with Crippen LogP contribution in [0.2, 0.25) is 0 Å². The Hall–Kier alpha value is -2.58. The van der Waals surface area contributed by atoms with E-state index in [1.165, 1.54) is 36.1 Å². The van der Waals surface area contributed by atoms with Crippen molar-refractivity contribution in [1.82, 2.24) is 4.90 Å². The van der Waals surface area contributed by atoms with Gasteiger partial charge in [-0.1, -0.05) is 66.7 Å². The quantitative estimate of drug-likeness (QED) is 0.544. The standard InChI is InChI=1S/C28H31NO/c1-30-24-13-15-25-23(19-24)12-14-26-27(25)20-29(17-16-21-8-4-2-5-9-21)28(26)18-22-10-6-3-7-11-22/h2-11,13,15,19,26-28H,12,14,16-18,20H2,1H3/t26?,27-,28-/m1/s1. The molecule has 2 heteroatoms. The molecule has 0 aromatic heterocycles. The SMILES string of the molecule is COc1ccc2c(c1)CCC1[C@@H]2CN(CCc2ccccc2)[C@@H]1Cc1ccccc1. The first kappa shape index (κ1) is 19.4. The first-order valence-electron chi connectivity index (χ1n) is 11.3. The van der Waals surface area contributed by atoms with E-state index in [1.807, 2.05) is 0 Å². The highest BCUT2D eigenvalue weighted by Crippen LogP contribution is 2.46. The lowest BCUT2D eigenvalue weighted by Crippen LogP contribution is -2.36. The molecule has 2 aliphatic rings. The van der Waals surface area contributed by atoms with Gasteiger partial charge in [-0.15, -0.1) is 0 Å². The summed E-state index contributed by atoms with van der Waals surface area (Å²) in [6.45, 7) is 2.31. The zero-order valence-electron chi connectivity index (χ0n) is 17.8. The number of nitrogens with zero attached hydrogens (tertiary/aromatic N) is 1. The van der Waals surface area contributed by atoms with Gasteiger partial charge >= 0.3 is 0 Å². The van der Waals surface area contributed by atoms with E-state index in [4.69, 9.17) is 4.74 Å². The lowest BCUT2D eigenvalue weighted by Gasteiger charge is -2.32. The summed E-state index contributed by atoms with van der Waals surface area (Å²) < 4.78 is 5.49. The normalized spacial score (nSPS) is 23.0. The number of rotatable bonds is 6. The maximum Gasteiger partial charge on any atom is 0.119 e. The molecule has 1 unspecified atom stereocenters. The third kappa shape index (κ3) is 3.89. The van der Waals surface area contributed by atoms with Gasteiger partial charge in [0.2, 0.25) is 0 Å². The van der Waals surface area contributed by atoms with E-state index in [0.717, 1.165) is 31.1 Å². The van der Waals surface area contributed by atoms with Crippen molar-refractivity contribution in [2.45, 2.75) is 37.6 Å². The fourth-order valence-electron chi connectivity index (χ4n) is 5.70. The third-order valence-corrected chi connectivity index (χ3v) is 7.23. The highest BCUT2D eigenvalue weighted by Gasteiger charge is 2.44. The average Bonchev–Trinajstić information content (AvgIpc) is 3.16. The predicted molar refractivity (Wildman–Crippen MR) is 123 cm³/mol. The molecule has 1 saturated heterocycles. The molecule has 3 aromatic carbocycles.